The standard InChI is InChI=1S/C64H38/c1-2-18-60-59(17-1)63(57(41-29-45-21-33-49-9-5-10-50(49)34-22-45)42-30-46-23-35-51-11-6-12-52(51)36-24-46)61-19-3-4-20-62(61)64(60)58(43-31-47-25-37-53-13-7-14-54(53)38-26-47)44-32-48-27-39-55-15-8-16-56(55)40-28-48/h1-28,33-40,57-58H. The van der Waals surface area contributed by atoms with E-state index in [1.54, 1.807) is 0 Å². The summed E-state index contributed by atoms with van der Waals surface area (Å²) in [6.45, 7) is 0. The third-order valence-electron chi connectivity index (χ3n) is 12.1. The Morgan fingerprint density at radius 3 is 0.609 bits per heavy atom. The van der Waals surface area contributed by atoms with Crippen LogP contribution in [0.1, 0.15) is 45.2 Å². The number of rotatable bonds is 2. The van der Waals surface area contributed by atoms with Crippen molar-refractivity contribution in [1.29, 1.82) is 0 Å². The summed E-state index contributed by atoms with van der Waals surface area (Å²) >= 11 is 0. The van der Waals surface area contributed by atoms with Gasteiger partial charge >= 0.3 is 0 Å². The predicted octanol–water partition coefficient (Wildman–Crippen LogP) is 14.8. The van der Waals surface area contributed by atoms with E-state index in [4.69, 9.17) is 0 Å². The molecule has 64 heavy (non-hydrogen) atoms. The monoisotopic (exact) mass is 806 g/mol. The maximum atomic E-state index is 3.69. The molecule has 0 N–H and O–H groups in total. The summed E-state index contributed by atoms with van der Waals surface area (Å²) in [7, 11) is 0. The second-order valence-corrected chi connectivity index (χ2v) is 16.1. The van der Waals surface area contributed by atoms with E-state index < -0.39 is 11.8 Å². The van der Waals surface area contributed by atoms with Gasteiger partial charge in [0, 0.05) is 22.3 Å². The summed E-state index contributed by atoms with van der Waals surface area (Å²) in [5.41, 5.74) is 15.4. The van der Waals surface area contributed by atoms with Gasteiger partial charge in [-0.3, -0.25) is 0 Å². The van der Waals surface area contributed by atoms with Crippen LogP contribution in [0.5, 0.6) is 0 Å². The molecule has 0 nitrogen and oxygen atoms in total. The molecule has 0 saturated carbocycles. The molecule has 0 heteroatoms. The van der Waals surface area contributed by atoms with Crippen molar-refractivity contribution in [1.82, 2.24) is 0 Å². The van der Waals surface area contributed by atoms with Gasteiger partial charge in [0.05, 0.1) is 0 Å². The molecule has 0 unspecified atom stereocenters. The highest BCUT2D eigenvalue weighted by Crippen LogP contribution is 2.40. The summed E-state index contributed by atoms with van der Waals surface area (Å²) in [4.78, 5) is 0. The SMILES string of the molecule is C(#CC(C#Cc1ccc2cccc-2cc1)c1c2ccccc2c(C(C#Cc2ccc3cccc-3cc2)C#Cc2ccc3cccc-3cc2)c2ccccc12)c1ccc2cccc-2cc1. The lowest BCUT2D eigenvalue weighted by molar-refractivity contribution is 1.19. The van der Waals surface area contributed by atoms with Crippen LogP contribution in [-0.2, 0) is 0 Å². The molecule has 8 aliphatic rings. The second kappa shape index (κ2) is 16.9. The molecule has 3 aromatic carbocycles. The smallest absolute Gasteiger partial charge is 0.0764 e. The fourth-order valence-corrected chi connectivity index (χ4v) is 8.80. The predicted molar refractivity (Wildman–Crippen MR) is 267 cm³/mol. The van der Waals surface area contributed by atoms with E-state index in [0.29, 0.717) is 0 Å². The van der Waals surface area contributed by atoms with Crippen molar-refractivity contribution in [3.63, 3.8) is 0 Å². The molecule has 0 heterocycles. The van der Waals surface area contributed by atoms with Crippen LogP contribution >= 0.6 is 0 Å². The minimum Gasteiger partial charge on any atom is -0.0764 e. The van der Waals surface area contributed by atoms with Gasteiger partial charge in [0.2, 0.25) is 0 Å². The first-order valence-electron chi connectivity index (χ1n) is 21.6. The van der Waals surface area contributed by atoms with E-state index in [2.05, 4.69) is 266 Å². The number of hydrogen-bond acceptors (Lipinski definition) is 0. The molecule has 0 fully saturated rings. The molecule has 0 atom stereocenters. The van der Waals surface area contributed by atoms with Crippen molar-refractivity contribution < 1.29 is 0 Å². The Hall–Kier alpha value is -8.78. The van der Waals surface area contributed by atoms with E-state index in [9.17, 15) is 0 Å². The maximum Gasteiger partial charge on any atom is 0.108 e. The molecule has 0 saturated heterocycles. The zero-order chi connectivity index (χ0) is 42.7. The second-order valence-electron chi connectivity index (χ2n) is 16.1. The Labute approximate surface area is 375 Å². The van der Waals surface area contributed by atoms with Gasteiger partial charge in [0.1, 0.15) is 11.8 Å². The third-order valence-corrected chi connectivity index (χ3v) is 12.1. The Morgan fingerprint density at radius 1 is 0.203 bits per heavy atom. The molecule has 0 spiro atoms. The largest absolute Gasteiger partial charge is 0.108 e. The van der Waals surface area contributed by atoms with Gasteiger partial charge in [-0.05, 0) is 126 Å². The first-order chi connectivity index (χ1) is 31.7. The maximum absolute atomic E-state index is 3.69. The molecule has 11 rings (SSSR count). The van der Waals surface area contributed by atoms with Crippen molar-refractivity contribution in [2.45, 2.75) is 11.8 Å². The quantitative estimate of drug-likeness (QED) is 0.121. The molecule has 294 valence electrons. The molecule has 0 aromatic heterocycles. The molecule has 8 aliphatic carbocycles. The van der Waals surface area contributed by atoms with Crippen LogP contribution in [0.2, 0.25) is 0 Å². The molecule has 0 radical (unpaired) electrons. The molecule has 0 aliphatic heterocycles. The molecular weight excluding hydrogens is 769 g/mol. The summed E-state index contributed by atoms with van der Waals surface area (Å²) < 4.78 is 0. The average molecular weight is 807 g/mol. The highest BCUT2D eigenvalue weighted by molar-refractivity contribution is 6.08. The van der Waals surface area contributed by atoms with Crippen LogP contribution in [0.25, 0.3) is 66.1 Å². The average Bonchev–Trinajstić information content (AvgIpc) is 4.10. The van der Waals surface area contributed by atoms with E-state index in [0.717, 1.165) is 54.9 Å². The van der Waals surface area contributed by atoms with Crippen LogP contribution in [0.15, 0.2) is 218 Å². The highest BCUT2D eigenvalue weighted by Gasteiger charge is 2.22. The van der Waals surface area contributed by atoms with Gasteiger partial charge in [-0.15, -0.1) is 0 Å². The fraction of sp³-hybridized carbons (Fsp3) is 0.0312. The van der Waals surface area contributed by atoms with E-state index >= 15 is 0 Å². The lowest BCUT2D eigenvalue weighted by Gasteiger charge is -2.19. The Bertz CT molecular complexity index is 3060. The highest BCUT2D eigenvalue weighted by atomic mass is 14.2. The van der Waals surface area contributed by atoms with Gasteiger partial charge in [0.25, 0.3) is 0 Å². The van der Waals surface area contributed by atoms with Crippen molar-refractivity contribution in [3.8, 4) is 91.9 Å². The van der Waals surface area contributed by atoms with Gasteiger partial charge in [-0.1, -0.05) is 217 Å². The van der Waals surface area contributed by atoms with Gasteiger partial charge in [-0.25, -0.2) is 0 Å². The first kappa shape index (κ1) is 38.2. The van der Waals surface area contributed by atoms with E-state index in [1.807, 2.05) is 0 Å². The fourth-order valence-electron chi connectivity index (χ4n) is 8.80. The summed E-state index contributed by atoms with van der Waals surface area (Å²) in [5, 5.41) is 4.34. The first-order valence-corrected chi connectivity index (χ1v) is 21.6. The number of benzene rings is 3. The van der Waals surface area contributed by atoms with Crippen molar-refractivity contribution in [2.75, 3.05) is 0 Å². The van der Waals surface area contributed by atoms with Crippen molar-refractivity contribution in [2.24, 2.45) is 0 Å². The van der Waals surface area contributed by atoms with Crippen molar-refractivity contribution in [3.05, 3.63) is 252 Å². The lowest BCUT2D eigenvalue weighted by atomic mass is 9.82. The minimum absolute atomic E-state index is 0.429. The molecular formula is C64H38. The zero-order valence-corrected chi connectivity index (χ0v) is 34.9. The summed E-state index contributed by atoms with van der Waals surface area (Å²) in [5.74, 6) is 28.2. The van der Waals surface area contributed by atoms with Crippen LogP contribution in [0.4, 0.5) is 0 Å². The van der Waals surface area contributed by atoms with Crippen molar-refractivity contribution >= 4 is 21.5 Å². The third kappa shape index (κ3) is 7.71. The number of hydrogen-bond donors (Lipinski definition) is 0. The van der Waals surface area contributed by atoms with Gasteiger partial charge in [-0.2, -0.15) is 0 Å². The minimum atomic E-state index is -0.429. The molecule has 0 bridgehead atoms. The van der Waals surface area contributed by atoms with Gasteiger partial charge < -0.3 is 0 Å². The van der Waals surface area contributed by atoms with Crippen LogP contribution in [0, 0.1) is 47.4 Å². The van der Waals surface area contributed by atoms with E-state index in [-0.39, 0.29) is 0 Å². The molecule has 0 amide bonds. The number of fused-ring (bicyclic) bond motifs is 6. The normalized spacial score (nSPS) is 10.9. The van der Waals surface area contributed by atoms with Gasteiger partial charge in [0.15, 0.2) is 0 Å². The topological polar surface area (TPSA) is 0 Å². The lowest BCUT2D eigenvalue weighted by Crippen LogP contribution is -2.03. The van der Waals surface area contributed by atoms with Crippen LogP contribution in [-0.4, -0.2) is 0 Å². The molecule has 3 aromatic rings. The Balaban J connectivity index is 1.12. The summed E-state index contributed by atoms with van der Waals surface area (Å²) in [6.07, 6.45) is 0. The zero-order valence-electron chi connectivity index (χ0n) is 34.9. The van der Waals surface area contributed by atoms with E-state index in [1.165, 1.54) is 44.5 Å². The Morgan fingerprint density at radius 2 is 0.406 bits per heavy atom. The van der Waals surface area contributed by atoms with Crippen LogP contribution in [0.3, 0.4) is 0 Å². The summed E-state index contributed by atoms with van der Waals surface area (Å²) in [6, 6.07) is 76.7. The Kier molecular flexibility index (Phi) is 10.1. The van der Waals surface area contributed by atoms with Crippen LogP contribution < -0.4 is 0 Å².